The molecule has 4 nitrogen and oxygen atoms in total. The fraction of sp³-hybridized carbons (Fsp3) is 0.750. The van der Waals surface area contributed by atoms with E-state index in [4.69, 9.17) is 9.26 Å². The molecule has 0 amide bonds. The highest BCUT2D eigenvalue weighted by Gasteiger charge is 2.24. The van der Waals surface area contributed by atoms with Crippen molar-refractivity contribution in [2.45, 2.75) is 51.4 Å². The molecule has 16 heavy (non-hydrogen) atoms. The summed E-state index contributed by atoms with van der Waals surface area (Å²) in [6, 6.07) is 2.42. The van der Waals surface area contributed by atoms with E-state index in [9.17, 15) is 0 Å². The standard InChI is InChI=1S/C12H20N2O2/c1-9-7-10(14-16-9)8-15-12-6-4-3-5-11(12)13-2/h7,11-13H,3-6,8H2,1-2H3. The van der Waals surface area contributed by atoms with Gasteiger partial charge in [-0.15, -0.1) is 0 Å². The van der Waals surface area contributed by atoms with Gasteiger partial charge in [0.05, 0.1) is 12.7 Å². The summed E-state index contributed by atoms with van der Waals surface area (Å²) in [5.41, 5.74) is 0.887. The van der Waals surface area contributed by atoms with Crippen LogP contribution in [0.5, 0.6) is 0 Å². The Morgan fingerprint density at radius 2 is 2.31 bits per heavy atom. The molecule has 1 aliphatic rings. The third-order valence-corrected chi connectivity index (χ3v) is 3.20. The largest absolute Gasteiger partial charge is 0.370 e. The first-order valence-electron chi connectivity index (χ1n) is 6.00. The number of nitrogens with zero attached hydrogens (tertiary/aromatic N) is 1. The van der Waals surface area contributed by atoms with Gasteiger partial charge < -0.3 is 14.6 Å². The molecule has 0 spiro atoms. The van der Waals surface area contributed by atoms with E-state index in [2.05, 4.69) is 10.5 Å². The third-order valence-electron chi connectivity index (χ3n) is 3.20. The van der Waals surface area contributed by atoms with Crippen molar-refractivity contribution in [3.05, 3.63) is 17.5 Å². The van der Waals surface area contributed by atoms with E-state index >= 15 is 0 Å². The van der Waals surface area contributed by atoms with E-state index in [1.54, 1.807) is 0 Å². The Balaban J connectivity index is 1.84. The SMILES string of the molecule is CNC1CCCCC1OCc1cc(C)on1. The normalized spacial score (nSPS) is 25.9. The Kier molecular flexibility index (Phi) is 3.96. The van der Waals surface area contributed by atoms with Crippen LogP contribution < -0.4 is 5.32 Å². The van der Waals surface area contributed by atoms with Crippen LogP contribution in [-0.2, 0) is 11.3 Å². The van der Waals surface area contributed by atoms with Crippen LogP contribution in [0.4, 0.5) is 0 Å². The quantitative estimate of drug-likeness (QED) is 0.850. The van der Waals surface area contributed by atoms with Gasteiger partial charge >= 0.3 is 0 Å². The zero-order valence-corrected chi connectivity index (χ0v) is 10.0. The average molecular weight is 224 g/mol. The molecule has 2 atom stereocenters. The van der Waals surface area contributed by atoms with E-state index in [1.165, 1.54) is 19.3 Å². The van der Waals surface area contributed by atoms with Crippen LogP contribution in [0, 0.1) is 6.92 Å². The minimum Gasteiger partial charge on any atom is -0.370 e. The fourth-order valence-corrected chi connectivity index (χ4v) is 2.30. The first-order chi connectivity index (χ1) is 7.79. The summed E-state index contributed by atoms with van der Waals surface area (Å²) in [5.74, 6) is 0.840. The Labute approximate surface area is 96.3 Å². The molecule has 1 saturated carbocycles. The molecule has 0 aliphatic heterocycles. The molecule has 1 heterocycles. The van der Waals surface area contributed by atoms with E-state index in [0.717, 1.165) is 17.9 Å². The molecule has 1 N–H and O–H groups in total. The van der Waals surface area contributed by atoms with Crippen LogP contribution in [0.1, 0.15) is 37.1 Å². The van der Waals surface area contributed by atoms with Gasteiger partial charge in [0.1, 0.15) is 11.5 Å². The first-order valence-corrected chi connectivity index (χ1v) is 6.00. The predicted molar refractivity (Wildman–Crippen MR) is 61.1 cm³/mol. The zero-order chi connectivity index (χ0) is 11.4. The summed E-state index contributed by atoms with van der Waals surface area (Å²) in [5, 5.41) is 7.26. The molecule has 0 saturated heterocycles. The van der Waals surface area contributed by atoms with Crippen LogP contribution in [0.3, 0.4) is 0 Å². The third kappa shape index (κ3) is 2.83. The lowest BCUT2D eigenvalue weighted by Crippen LogP contribution is -2.41. The van der Waals surface area contributed by atoms with E-state index < -0.39 is 0 Å². The lowest BCUT2D eigenvalue weighted by atomic mass is 9.92. The summed E-state index contributed by atoms with van der Waals surface area (Å²) in [4.78, 5) is 0. The lowest BCUT2D eigenvalue weighted by Gasteiger charge is -2.30. The van der Waals surface area contributed by atoms with Crippen LogP contribution in [-0.4, -0.2) is 24.4 Å². The van der Waals surface area contributed by atoms with E-state index in [0.29, 0.717) is 18.8 Å². The van der Waals surface area contributed by atoms with Gasteiger partial charge in [0.15, 0.2) is 0 Å². The smallest absolute Gasteiger partial charge is 0.134 e. The minimum absolute atomic E-state index is 0.316. The second kappa shape index (κ2) is 5.46. The zero-order valence-electron chi connectivity index (χ0n) is 10.0. The van der Waals surface area contributed by atoms with Crippen molar-refractivity contribution >= 4 is 0 Å². The summed E-state index contributed by atoms with van der Waals surface area (Å²) >= 11 is 0. The van der Waals surface area contributed by atoms with Gasteiger partial charge in [0.25, 0.3) is 0 Å². The number of nitrogens with one attached hydrogen (secondary N) is 1. The van der Waals surface area contributed by atoms with Crippen molar-refractivity contribution in [3.63, 3.8) is 0 Å². The van der Waals surface area contributed by atoms with Crippen molar-refractivity contribution in [3.8, 4) is 0 Å². The predicted octanol–water partition coefficient (Wildman–Crippen LogP) is 2.03. The van der Waals surface area contributed by atoms with E-state index in [-0.39, 0.29) is 0 Å². The van der Waals surface area contributed by atoms with Gasteiger partial charge in [0.2, 0.25) is 0 Å². The van der Waals surface area contributed by atoms with Crippen LogP contribution >= 0.6 is 0 Å². The molecular formula is C12H20N2O2. The van der Waals surface area contributed by atoms with Gasteiger partial charge in [-0.1, -0.05) is 18.0 Å². The van der Waals surface area contributed by atoms with Crippen molar-refractivity contribution in [1.29, 1.82) is 0 Å². The molecule has 1 aliphatic carbocycles. The van der Waals surface area contributed by atoms with Gasteiger partial charge in [-0.2, -0.15) is 0 Å². The number of rotatable bonds is 4. The molecule has 1 fully saturated rings. The average Bonchev–Trinajstić information content (AvgIpc) is 2.73. The Morgan fingerprint density at radius 3 is 3.00 bits per heavy atom. The second-order valence-corrected chi connectivity index (χ2v) is 4.46. The maximum atomic E-state index is 5.90. The Hall–Kier alpha value is -0.870. The Morgan fingerprint density at radius 1 is 1.50 bits per heavy atom. The van der Waals surface area contributed by atoms with Gasteiger partial charge in [-0.05, 0) is 26.8 Å². The molecule has 2 unspecified atom stereocenters. The molecule has 90 valence electrons. The molecule has 0 radical (unpaired) electrons. The number of hydrogen-bond donors (Lipinski definition) is 1. The molecular weight excluding hydrogens is 204 g/mol. The summed E-state index contributed by atoms with van der Waals surface area (Å²) in [6.07, 6.45) is 5.23. The molecule has 4 heteroatoms. The van der Waals surface area contributed by atoms with E-state index in [1.807, 2.05) is 20.0 Å². The number of aryl methyl sites for hydroxylation is 1. The Bertz CT molecular complexity index is 325. The first kappa shape index (κ1) is 11.6. The maximum absolute atomic E-state index is 5.90. The van der Waals surface area contributed by atoms with Gasteiger partial charge in [-0.25, -0.2) is 0 Å². The number of likely N-dealkylation sites (N-methyl/N-ethyl adjacent to an activating group) is 1. The number of aromatic nitrogens is 1. The molecule has 2 rings (SSSR count). The lowest BCUT2D eigenvalue weighted by molar-refractivity contribution is -0.00589. The molecule has 1 aromatic rings. The number of hydrogen-bond acceptors (Lipinski definition) is 4. The van der Waals surface area contributed by atoms with Crippen LogP contribution in [0.15, 0.2) is 10.6 Å². The van der Waals surface area contributed by atoms with Crippen molar-refractivity contribution in [2.24, 2.45) is 0 Å². The van der Waals surface area contributed by atoms with Gasteiger partial charge in [0, 0.05) is 12.1 Å². The van der Waals surface area contributed by atoms with Crippen molar-refractivity contribution < 1.29 is 9.26 Å². The van der Waals surface area contributed by atoms with Crippen molar-refractivity contribution in [1.82, 2.24) is 10.5 Å². The highest BCUT2D eigenvalue weighted by atomic mass is 16.5. The van der Waals surface area contributed by atoms with Crippen LogP contribution in [0.2, 0.25) is 0 Å². The monoisotopic (exact) mass is 224 g/mol. The molecule has 0 aromatic carbocycles. The second-order valence-electron chi connectivity index (χ2n) is 4.46. The summed E-state index contributed by atoms with van der Waals surface area (Å²) < 4.78 is 10.9. The van der Waals surface area contributed by atoms with Gasteiger partial charge in [-0.3, -0.25) is 0 Å². The topological polar surface area (TPSA) is 47.3 Å². The highest BCUT2D eigenvalue weighted by Crippen LogP contribution is 2.22. The molecule has 0 bridgehead atoms. The molecule has 1 aromatic heterocycles. The van der Waals surface area contributed by atoms with Crippen LogP contribution in [0.25, 0.3) is 0 Å². The van der Waals surface area contributed by atoms with Crippen molar-refractivity contribution in [2.75, 3.05) is 7.05 Å². The minimum atomic E-state index is 0.316. The maximum Gasteiger partial charge on any atom is 0.134 e. The summed E-state index contributed by atoms with van der Waals surface area (Å²) in [7, 11) is 2.01. The highest BCUT2D eigenvalue weighted by molar-refractivity contribution is 5.02. The number of ether oxygens (including phenoxy) is 1. The summed E-state index contributed by atoms with van der Waals surface area (Å²) in [6.45, 7) is 2.45. The fourth-order valence-electron chi connectivity index (χ4n) is 2.30.